The van der Waals surface area contributed by atoms with Crippen LogP contribution in [0.2, 0.25) is 0 Å². The van der Waals surface area contributed by atoms with Crippen molar-refractivity contribution in [1.29, 1.82) is 0 Å². The zero-order valence-corrected chi connectivity index (χ0v) is 17.0. The molecular weight excluding hydrogens is 340 g/mol. The number of rotatable bonds is 17. The van der Waals surface area contributed by atoms with Gasteiger partial charge in [0, 0.05) is 0 Å². The molecule has 0 heterocycles. The maximum atomic E-state index is 12.0. The lowest BCUT2D eigenvalue weighted by molar-refractivity contribution is -0.143. The van der Waals surface area contributed by atoms with E-state index in [9.17, 15) is 17.8 Å². The summed E-state index contributed by atoms with van der Waals surface area (Å²) >= 11 is 0. The van der Waals surface area contributed by atoms with Crippen LogP contribution < -0.4 is 0 Å². The fraction of sp³-hybridized carbons (Fsp3) is 0.947. The number of esters is 1. The molecule has 0 saturated heterocycles. The van der Waals surface area contributed by atoms with E-state index in [4.69, 9.17) is 4.74 Å². The van der Waals surface area contributed by atoms with Crippen molar-refractivity contribution in [3.8, 4) is 0 Å². The minimum absolute atomic E-state index is 0.138. The summed E-state index contributed by atoms with van der Waals surface area (Å²) in [4.78, 5) is 12.0. The number of ether oxygens (including phenoxy) is 1. The SMILES string of the molecule is CCCCCCCCCCOC(=O)C(CCCCCCC)S(=O)(=O)O. The summed E-state index contributed by atoms with van der Waals surface area (Å²) in [5.74, 6) is -0.805. The molecule has 0 spiro atoms. The van der Waals surface area contributed by atoms with Crippen LogP contribution in [0.1, 0.15) is 104 Å². The lowest BCUT2D eigenvalue weighted by Gasteiger charge is -2.13. The Morgan fingerprint density at radius 2 is 1.24 bits per heavy atom. The molecule has 1 unspecified atom stereocenters. The van der Waals surface area contributed by atoms with Gasteiger partial charge in [0.1, 0.15) is 0 Å². The van der Waals surface area contributed by atoms with E-state index >= 15 is 0 Å². The summed E-state index contributed by atoms with van der Waals surface area (Å²) in [5.41, 5.74) is 0. The highest BCUT2D eigenvalue weighted by atomic mass is 32.2. The molecule has 0 rings (SSSR count). The van der Waals surface area contributed by atoms with Gasteiger partial charge in [-0.15, -0.1) is 0 Å². The second-order valence-electron chi connectivity index (χ2n) is 6.85. The Kier molecular flexibility index (Phi) is 15.2. The first kappa shape index (κ1) is 24.4. The highest BCUT2D eigenvalue weighted by Gasteiger charge is 2.31. The highest BCUT2D eigenvalue weighted by molar-refractivity contribution is 7.87. The van der Waals surface area contributed by atoms with E-state index in [-0.39, 0.29) is 13.0 Å². The van der Waals surface area contributed by atoms with E-state index < -0.39 is 21.3 Å². The first-order valence-electron chi connectivity index (χ1n) is 10.1. The summed E-state index contributed by atoms with van der Waals surface area (Å²) in [6.07, 6.45) is 13.9. The van der Waals surface area contributed by atoms with Gasteiger partial charge in [-0.05, 0) is 12.8 Å². The molecule has 1 atom stereocenters. The maximum Gasteiger partial charge on any atom is 0.326 e. The Hall–Kier alpha value is -0.620. The van der Waals surface area contributed by atoms with Gasteiger partial charge in [-0.1, -0.05) is 90.9 Å². The van der Waals surface area contributed by atoms with Gasteiger partial charge in [0.25, 0.3) is 10.1 Å². The quantitative estimate of drug-likeness (QED) is 0.211. The molecule has 0 aromatic heterocycles. The summed E-state index contributed by atoms with van der Waals surface area (Å²) in [7, 11) is -4.39. The van der Waals surface area contributed by atoms with Gasteiger partial charge < -0.3 is 4.74 Å². The van der Waals surface area contributed by atoms with Gasteiger partial charge in [0.05, 0.1) is 6.61 Å². The Balaban J connectivity index is 3.91. The largest absolute Gasteiger partial charge is 0.465 e. The average Bonchev–Trinajstić information content (AvgIpc) is 2.55. The smallest absolute Gasteiger partial charge is 0.326 e. The van der Waals surface area contributed by atoms with Crippen molar-refractivity contribution in [2.75, 3.05) is 6.61 Å². The van der Waals surface area contributed by atoms with E-state index in [2.05, 4.69) is 13.8 Å². The molecule has 150 valence electrons. The topological polar surface area (TPSA) is 80.7 Å². The lowest BCUT2D eigenvalue weighted by Crippen LogP contribution is -2.32. The predicted octanol–water partition coefficient (Wildman–Crippen LogP) is 5.29. The number of carbonyl (C=O) groups excluding carboxylic acids is 1. The third kappa shape index (κ3) is 14.3. The van der Waals surface area contributed by atoms with Gasteiger partial charge >= 0.3 is 5.97 Å². The second-order valence-corrected chi connectivity index (χ2v) is 8.45. The first-order valence-corrected chi connectivity index (χ1v) is 11.6. The van der Waals surface area contributed by atoms with E-state index in [1.54, 1.807) is 0 Å². The van der Waals surface area contributed by atoms with Crippen molar-refractivity contribution < 1.29 is 22.5 Å². The molecule has 0 aliphatic carbocycles. The molecule has 6 heteroatoms. The van der Waals surface area contributed by atoms with Crippen LogP contribution in [-0.2, 0) is 19.6 Å². The van der Waals surface area contributed by atoms with E-state index in [0.29, 0.717) is 6.42 Å². The van der Waals surface area contributed by atoms with Crippen molar-refractivity contribution in [2.45, 2.75) is 109 Å². The van der Waals surface area contributed by atoms with Crippen LogP contribution in [0, 0.1) is 0 Å². The molecule has 0 aliphatic rings. The first-order chi connectivity index (χ1) is 11.9. The van der Waals surface area contributed by atoms with Crippen LogP contribution in [0.4, 0.5) is 0 Å². The van der Waals surface area contributed by atoms with E-state index in [1.165, 1.54) is 32.1 Å². The number of hydrogen-bond acceptors (Lipinski definition) is 4. The third-order valence-electron chi connectivity index (χ3n) is 4.43. The Labute approximate surface area is 154 Å². The molecule has 5 nitrogen and oxygen atoms in total. The van der Waals surface area contributed by atoms with Crippen molar-refractivity contribution in [1.82, 2.24) is 0 Å². The molecule has 0 radical (unpaired) electrons. The minimum atomic E-state index is -4.39. The fourth-order valence-corrected chi connectivity index (χ4v) is 3.60. The Morgan fingerprint density at radius 3 is 1.72 bits per heavy atom. The molecule has 0 amide bonds. The van der Waals surface area contributed by atoms with Gasteiger partial charge in [-0.2, -0.15) is 8.42 Å². The van der Waals surface area contributed by atoms with Gasteiger partial charge in [0.2, 0.25) is 0 Å². The molecular formula is C19H38O5S. The van der Waals surface area contributed by atoms with Crippen LogP contribution >= 0.6 is 0 Å². The Morgan fingerprint density at radius 1 is 0.800 bits per heavy atom. The molecule has 0 aromatic carbocycles. The van der Waals surface area contributed by atoms with Crippen molar-refractivity contribution >= 4 is 16.1 Å². The van der Waals surface area contributed by atoms with Crippen molar-refractivity contribution in [2.24, 2.45) is 0 Å². The van der Waals surface area contributed by atoms with E-state index in [0.717, 1.165) is 44.9 Å². The van der Waals surface area contributed by atoms with Crippen LogP contribution in [0.5, 0.6) is 0 Å². The molecule has 1 N–H and O–H groups in total. The zero-order valence-electron chi connectivity index (χ0n) is 16.2. The standard InChI is InChI=1S/C19H38O5S/c1-3-5-7-9-10-11-13-15-17-24-19(20)18(25(21,22)23)16-14-12-8-6-4-2/h18H,3-17H2,1-2H3,(H,21,22,23). The number of unbranched alkanes of at least 4 members (excludes halogenated alkanes) is 11. The summed E-state index contributed by atoms with van der Waals surface area (Å²) in [6.45, 7) is 4.53. The minimum Gasteiger partial charge on any atom is -0.465 e. The predicted molar refractivity (Wildman–Crippen MR) is 102 cm³/mol. The van der Waals surface area contributed by atoms with Crippen molar-refractivity contribution in [3.63, 3.8) is 0 Å². The van der Waals surface area contributed by atoms with Crippen LogP contribution in [0.3, 0.4) is 0 Å². The molecule has 0 saturated carbocycles. The monoisotopic (exact) mass is 378 g/mol. The normalized spacial score (nSPS) is 12.9. The molecule has 0 aromatic rings. The molecule has 0 aliphatic heterocycles. The van der Waals surface area contributed by atoms with Gasteiger partial charge in [0.15, 0.2) is 5.25 Å². The van der Waals surface area contributed by atoms with Crippen LogP contribution in [0.25, 0.3) is 0 Å². The lowest BCUT2D eigenvalue weighted by atomic mass is 10.1. The number of hydrogen-bond donors (Lipinski definition) is 1. The van der Waals surface area contributed by atoms with Gasteiger partial charge in [-0.3, -0.25) is 9.35 Å². The van der Waals surface area contributed by atoms with E-state index in [1.807, 2.05) is 0 Å². The second kappa shape index (κ2) is 15.6. The van der Waals surface area contributed by atoms with Crippen LogP contribution in [-0.4, -0.2) is 30.8 Å². The summed E-state index contributed by atoms with van der Waals surface area (Å²) in [6, 6.07) is 0. The Bertz CT molecular complexity index is 420. The third-order valence-corrected chi connectivity index (χ3v) is 5.58. The molecule has 0 bridgehead atoms. The maximum absolute atomic E-state index is 12.0. The highest BCUT2D eigenvalue weighted by Crippen LogP contribution is 2.14. The fourth-order valence-electron chi connectivity index (χ4n) is 2.82. The summed E-state index contributed by atoms with van der Waals surface area (Å²) < 4.78 is 37.2. The van der Waals surface area contributed by atoms with Crippen LogP contribution in [0.15, 0.2) is 0 Å². The zero-order chi connectivity index (χ0) is 19.0. The van der Waals surface area contributed by atoms with Crippen molar-refractivity contribution in [3.05, 3.63) is 0 Å². The average molecular weight is 379 g/mol. The summed E-state index contributed by atoms with van der Waals surface area (Å²) in [5, 5.41) is -1.43. The number of carbonyl (C=O) groups is 1. The molecule has 25 heavy (non-hydrogen) atoms. The molecule has 0 fully saturated rings. The van der Waals surface area contributed by atoms with Gasteiger partial charge in [-0.25, -0.2) is 0 Å².